The van der Waals surface area contributed by atoms with Gasteiger partial charge in [0.05, 0.1) is 18.9 Å². The molecule has 2 aliphatic heterocycles. The number of likely N-dealkylation sites (tertiary alicyclic amines) is 1. The number of methoxy groups -OCH3 is 1. The van der Waals surface area contributed by atoms with Crippen LogP contribution in [0.2, 0.25) is 0 Å². The highest BCUT2D eigenvalue weighted by Crippen LogP contribution is 2.52. The van der Waals surface area contributed by atoms with Crippen molar-refractivity contribution in [2.75, 3.05) is 7.11 Å². The lowest BCUT2D eigenvalue weighted by atomic mass is 9.76. The first-order valence-electron chi connectivity index (χ1n) is 12.2. The molecule has 0 spiro atoms. The van der Waals surface area contributed by atoms with Gasteiger partial charge in [0, 0.05) is 23.4 Å². The van der Waals surface area contributed by atoms with Gasteiger partial charge in [0.25, 0.3) is 0 Å². The first-order valence-corrected chi connectivity index (χ1v) is 12.2. The van der Waals surface area contributed by atoms with Crippen LogP contribution in [0.1, 0.15) is 37.9 Å². The largest absolute Gasteiger partial charge is 0.508 e. The number of carboxylic acids is 1. The van der Waals surface area contributed by atoms with E-state index in [2.05, 4.69) is 5.32 Å². The summed E-state index contributed by atoms with van der Waals surface area (Å²) in [5.41, 5.74) is -1.19. The number of ether oxygens (including phenoxy) is 1. The van der Waals surface area contributed by atoms with Gasteiger partial charge in [-0.2, -0.15) is 0 Å². The van der Waals surface area contributed by atoms with Crippen LogP contribution < -0.4 is 10.1 Å². The number of carboxylic acid groups (broad SMARTS) is 1. The number of imide groups is 1. The van der Waals surface area contributed by atoms with Crippen molar-refractivity contribution < 1.29 is 29.3 Å². The van der Waals surface area contributed by atoms with E-state index in [1.54, 1.807) is 46.1 Å². The smallest absolute Gasteiger partial charge is 0.325 e. The number of hydrogen-bond acceptors (Lipinski definition) is 6. The molecule has 8 heteroatoms. The lowest BCUT2D eigenvalue weighted by Crippen LogP contribution is -2.58. The van der Waals surface area contributed by atoms with Gasteiger partial charge in [-0.3, -0.25) is 24.6 Å². The summed E-state index contributed by atoms with van der Waals surface area (Å²) in [5, 5.41) is 25.3. The van der Waals surface area contributed by atoms with E-state index in [0.717, 1.165) is 16.3 Å². The maximum absolute atomic E-state index is 13.9. The number of aliphatic carboxylic acids is 1. The fourth-order valence-electron chi connectivity index (χ4n) is 6.05. The van der Waals surface area contributed by atoms with Gasteiger partial charge in [0.1, 0.15) is 17.0 Å². The van der Waals surface area contributed by atoms with Gasteiger partial charge < -0.3 is 14.9 Å². The SMILES string of the molecule is COc1ccc(C2NC(Cc3ccc(O)cc3)(C(=O)O)C3C(=O)N(C(C)(C)C)C(=O)C23)c2ccccc12. The molecule has 0 saturated carbocycles. The number of hydrogen-bond donors (Lipinski definition) is 3. The average molecular weight is 503 g/mol. The van der Waals surface area contributed by atoms with Gasteiger partial charge in [-0.25, -0.2) is 0 Å². The number of amides is 2. The van der Waals surface area contributed by atoms with Crippen molar-refractivity contribution in [3.8, 4) is 11.5 Å². The summed E-state index contributed by atoms with van der Waals surface area (Å²) in [6, 6.07) is 16.7. The molecule has 0 radical (unpaired) electrons. The summed E-state index contributed by atoms with van der Waals surface area (Å²) < 4.78 is 5.54. The molecule has 5 rings (SSSR count). The molecule has 2 saturated heterocycles. The molecule has 0 aliphatic carbocycles. The van der Waals surface area contributed by atoms with Crippen molar-refractivity contribution in [3.05, 3.63) is 71.8 Å². The second-order valence-electron chi connectivity index (χ2n) is 10.8. The van der Waals surface area contributed by atoms with E-state index in [4.69, 9.17) is 4.74 Å². The van der Waals surface area contributed by atoms with Crippen molar-refractivity contribution in [2.24, 2.45) is 11.8 Å². The van der Waals surface area contributed by atoms with Crippen LogP contribution in [0.5, 0.6) is 11.5 Å². The van der Waals surface area contributed by atoms with Gasteiger partial charge in [0.15, 0.2) is 0 Å². The van der Waals surface area contributed by atoms with Crippen LogP contribution >= 0.6 is 0 Å². The van der Waals surface area contributed by atoms with Crippen LogP contribution in [-0.2, 0) is 20.8 Å². The second kappa shape index (κ2) is 8.59. The molecule has 2 aliphatic rings. The summed E-state index contributed by atoms with van der Waals surface area (Å²) in [7, 11) is 1.58. The summed E-state index contributed by atoms with van der Waals surface area (Å²) >= 11 is 0. The predicted molar refractivity (Wildman–Crippen MR) is 137 cm³/mol. The number of phenolic OH excluding ortho intramolecular Hbond substituents is 1. The number of fused-ring (bicyclic) bond motifs is 2. The zero-order valence-corrected chi connectivity index (χ0v) is 21.2. The first kappa shape index (κ1) is 24.8. The highest BCUT2D eigenvalue weighted by Gasteiger charge is 2.69. The molecule has 4 atom stereocenters. The Morgan fingerprint density at radius 2 is 1.65 bits per heavy atom. The standard InChI is InChI=1S/C29H30N2O6/c1-28(2,3)31-25(33)22-23(26(31)34)29(27(35)36,15-16-9-11-17(32)12-10-16)30-24(22)20-13-14-21(37-4)19-8-6-5-7-18(19)20/h5-14,22-24,30,32H,15H2,1-4H3,(H,35,36). The number of nitrogens with zero attached hydrogens (tertiary/aromatic N) is 1. The molecule has 2 amide bonds. The molecule has 192 valence electrons. The van der Waals surface area contributed by atoms with Gasteiger partial charge in [-0.15, -0.1) is 0 Å². The molecule has 0 bridgehead atoms. The Morgan fingerprint density at radius 1 is 1.00 bits per heavy atom. The maximum Gasteiger partial charge on any atom is 0.325 e. The molecule has 2 heterocycles. The van der Waals surface area contributed by atoms with Crippen LogP contribution in [-0.4, -0.2) is 51.1 Å². The van der Waals surface area contributed by atoms with E-state index in [0.29, 0.717) is 11.3 Å². The van der Waals surface area contributed by atoms with Crippen molar-refractivity contribution in [1.29, 1.82) is 0 Å². The van der Waals surface area contributed by atoms with E-state index in [-0.39, 0.29) is 18.1 Å². The van der Waals surface area contributed by atoms with Crippen molar-refractivity contribution in [3.63, 3.8) is 0 Å². The minimum atomic E-state index is -1.74. The molecular weight excluding hydrogens is 472 g/mol. The summed E-state index contributed by atoms with van der Waals surface area (Å²) in [5.74, 6) is -3.38. The molecule has 3 N–H and O–H groups in total. The molecule has 0 aromatic heterocycles. The quantitative estimate of drug-likeness (QED) is 0.456. The fourth-order valence-corrected chi connectivity index (χ4v) is 6.05. The topological polar surface area (TPSA) is 116 Å². The number of benzene rings is 3. The minimum absolute atomic E-state index is 0.0363. The fraction of sp³-hybridized carbons (Fsp3) is 0.345. The Labute approximate surface area is 214 Å². The number of aromatic hydroxyl groups is 1. The third-order valence-corrected chi connectivity index (χ3v) is 7.60. The summed E-state index contributed by atoms with van der Waals surface area (Å²) in [4.78, 5) is 42.1. The molecule has 4 unspecified atom stereocenters. The van der Waals surface area contributed by atoms with E-state index >= 15 is 0 Å². The van der Waals surface area contributed by atoms with Crippen molar-refractivity contribution in [1.82, 2.24) is 10.2 Å². The van der Waals surface area contributed by atoms with Gasteiger partial charge >= 0.3 is 5.97 Å². The van der Waals surface area contributed by atoms with Crippen LogP contribution in [0, 0.1) is 11.8 Å². The van der Waals surface area contributed by atoms with Crippen molar-refractivity contribution >= 4 is 28.6 Å². The Kier molecular flexibility index (Phi) is 5.75. The molecule has 37 heavy (non-hydrogen) atoms. The Hall–Kier alpha value is -3.91. The molecule has 3 aromatic carbocycles. The van der Waals surface area contributed by atoms with E-state index in [9.17, 15) is 24.6 Å². The third kappa shape index (κ3) is 3.74. The maximum atomic E-state index is 13.9. The lowest BCUT2D eigenvalue weighted by molar-refractivity contribution is -0.153. The molecule has 2 fully saturated rings. The van der Waals surface area contributed by atoms with Crippen LogP contribution in [0.3, 0.4) is 0 Å². The number of rotatable bonds is 5. The Morgan fingerprint density at radius 3 is 2.24 bits per heavy atom. The highest BCUT2D eigenvalue weighted by molar-refractivity contribution is 6.10. The van der Waals surface area contributed by atoms with Crippen molar-refractivity contribution in [2.45, 2.75) is 44.3 Å². The highest BCUT2D eigenvalue weighted by atomic mass is 16.5. The zero-order chi connectivity index (χ0) is 26.7. The Balaban J connectivity index is 1.72. The summed E-state index contributed by atoms with van der Waals surface area (Å²) in [6.45, 7) is 5.33. The van der Waals surface area contributed by atoms with Gasteiger partial charge in [-0.05, 0) is 55.5 Å². The van der Waals surface area contributed by atoms with Crippen LogP contribution in [0.4, 0.5) is 0 Å². The number of carbonyl (C=O) groups excluding carboxylic acids is 2. The average Bonchev–Trinajstić information content (AvgIpc) is 3.33. The van der Waals surface area contributed by atoms with Crippen LogP contribution in [0.15, 0.2) is 60.7 Å². The minimum Gasteiger partial charge on any atom is -0.508 e. The monoisotopic (exact) mass is 502 g/mol. The molecular formula is C29H30N2O6. The van der Waals surface area contributed by atoms with Gasteiger partial charge in [-0.1, -0.05) is 42.5 Å². The summed E-state index contributed by atoms with van der Waals surface area (Å²) in [6.07, 6.45) is -0.0363. The number of phenols is 1. The Bertz CT molecular complexity index is 1410. The van der Waals surface area contributed by atoms with E-state index < -0.39 is 40.8 Å². The second-order valence-corrected chi connectivity index (χ2v) is 10.8. The van der Waals surface area contributed by atoms with Gasteiger partial charge in [0.2, 0.25) is 11.8 Å². The lowest BCUT2D eigenvalue weighted by Gasteiger charge is -2.35. The first-order chi connectivity index (χ1) is 17.5. The number of carbonyl (C=O) groups is 3. The predicted octanol–water partition coefficient (Wildman–Crippen LogP) is 3.66. The molecule has 3 aromatic rings. The van der Waals surface area contributed by atoms with E-state index in [1.807, 2.05) is 30.3 Å². The van der Waals surface area contributed by atoms with Crippen LogP contribution in [0.25, 0.3) is 10.8 Å². The third-order valence-electron chi connectivity index (χ3n) is 7.60. The van der Waals surface area contributed by atoms with E-state index in [1.165, 1.54) is 17.0 Å². The molecule has 8 nitrogen and oxygen atoms in total. The number of nitrogens with one attached hydrogen (secondary N) is 1. The normalized spacial score (nSPS) is 25.5. The zero-order valence-electron chi connectivity index (χ0n) is 21.2.